The second kappa shape index (κ2) is 63.5. The Hall–Kier alpha value is -1.94. The molecule has 528 valence electrons. The SMILES string of the molecule is CCCCCCCCCCCCCCCCC(=O)OC[C@H](COP(=O)(O)OC[C@@H](O)COP(=O)(O)OC[C@@H](COC(=O)CCCCCCCCC)OC(=O)CCCCCCCCC)OC(=O)CCCCCCCCCCCCCCCCCCCCC(C)C. The van der Waals surface area contributed by atoms with E-state index < -0.39 is 97.5 Å². The molecule has 0 aliphatic carbocycles. The highest BCUT2D eigenvalue weighted by molar-refractivity contribution is 7.47. The van der Waals surface area contributed by atoms with Crippen LogP contribution in [0.5, 0.6) is 0 Å². The fourth-order valence-corrected chi connectivity index (χ4v) is 12.2. The molecule has 0 saturated heterocycles. The van der Waals surface area contributed by atoms with Crippen LogP contribution in [-0.2, 0) is 65.4 Å². The number of phosphoric acid groups is 2. The van der Waals surface area contributed by atoms with E-state index in [1.165, 1.54) is 161 Å². The number of carbonyl (C=O) groups is 4. The van der Waals surface area contributed by atoms with Crippen molar-refractivity contribution in [3.63, 3.8) is 0 Å². The van der Waals surface area contributed by atoms with E-state index in [0.717, 1.165) is 121 Å². The first-order valence-electron chi connectivity index (χ1n) is 36.6. The number of aliphatic hydroxyl groups excluding tert-OH is 1. The highest BCUT2D eigenvalue weighted by Crippen LogP contribution is 2.45. The summed E-state index contributed by atoms with van der Waals surface area (Å²) >= 11 is 0. The van der Waals surface area contributed by atoms with Gasteiger partial charge in [0.2, 0.25) is 0 Å². The largest absolute Gasteiger partial charge is 0.472 e. The first-order chi connectivity index (χ1) is 43.0. The van der Waals surface area contributed by atoms with Crippen molar-refractivity contribution in [2.24, 2.45) is 5.92 Å². The van der Waals surface area contributed by atoms with Gasteiger partial charge in [-0.3, -0.25) is 37.3 Å². The molecule has 0 aliphatic rings. The third kappa shape index (κ3) is 64.6. The lowest BCUT2D eigenvalue weighted by Gasteiger charge is -2.21. The molecule has 0 heterocycles. The third-order valence-electron chi connectivity index (χ3n) is 16.3. The maximum absolute atomic E-state index is 13.0. The summed E-state index contributed by atoms with van der Waals surface area (Å²) in [7, 11) is -9.88. The molecular formula is C70H136O17P2. The molecule has 0 rings (SSSR count). The minimum Gasteiger partial charge on any atom is -0.462 e. The number of esters is 4. The molecule has 0 aromatic rings. The van der Waals surface area contributed by atoms with Crippen LogP contribution in [0.3, 0.4) is 0 Å². The molecular weight excluding hydrogens is 1170 g/mol. The van der Waals surface area contributed by atoms with Gasteiger partial charge in [0, 0.05) is 25.7 Å². The second-order valence-electron chi connectivity index (χ2n) is 25.7. The predicted octanol–water partition coefficient (Wildman–Crippen LogP) is 20.1. The summed E-state index contributed by atoms with van der Waals surface area (Å²) in [6, 6.07) is 0. The minimum atomic E-state index is -4.95. The van der Waals surface area contributed by atoms with Gasteiger partial charge in [-0.05, 0) is 31.6 Å². The van der Waals surface area contributed by atoms with E-state index in [-0.39, 0.29) is 25.7 Å². The number of carbonyl (C=O) groups excluding carboxylic acids is 4. The fourth-order valence-electron chi connectivity index (χ4n) is 10.6. The molecule has 19 heteroatoms. The van der Waals surface area contributed by atoms with Crippen LogP contribution >= 0.6 is 15.6 Å². The average molecular weight is 1310 g/mol. The number of rotatable bonds is 70. The molecule has 2 unspecified atom stereocenters. The van der Waals surface area contributed by atoms with E-state index in [9.17, 15) is 43.2 Å². The zero-order chi connectivity index (χ0) is 65.6. The number of aliphatic hydroxyl groups is 1. The Labute approximate surface area is 543 Å². The van der Waals surface area contributed by atoms with E-state index in [0.29, 0.717) is 25.7 Å². The maximum atomic E-state index is 13.0. The van der Waals surface area contributed by atoms with E-state index in [1.54, 1.807) is 0 Å². The van der Waals surface area contributed by atoms with Gasteiger partial charge >= 0.3 is 39.5 Å². The first kappa shape index (κ1) is 87.1. The number of unbranched alkanes of at least 4 members (excludes halogenated alkanes) is 42. The zero-order valence-electron chi connectivity index (χ0n) is 57.6. The van der Waals surface area contributed by atoms with Crippen molar-refractivity contribution in [2.75, 3.05) is 39.6 Å². The van der Waals surface area contributed by atoms with Crippen LogP contribution in [-0.4, -0.2) is 96.7 Å². The third-order valence-corrected chi connectivity index (χ3v) is 18.2. The smallest absolute Gasteiger partial charge is 0.462 e. The van der Waals surface area contributed by atoms with Crippen LogP contribution in [0.2, 0.25) is 0 Å². The average Bonchev–Trinajstić information content (AvgIpc) is 3.54. The summed E-state index contributed by atoms with van der Waals surface area (Å²) < 4.78 is 68.0. The monoisotopic (exact) mass is 1310 g/mol. The van der Waals surface area contributed by atoms with Gasteiger partial charge in [0.05, 0.1) is 26.4 Å². The fraction of sp³-hybridized carbons (Fsp3) is 0.943. The van der Waals surface area contributed by atoms with Gasteiger partial charge in [0.25, 0.3) is 0 Å². The number of hydrogen-bond acceptors (Lipinski definition) is 15. The summed E-state index contributed by atoms with van der Waals surface area (Å²) in [6.45, 7) is 7.20. The van der Waals surface area contributed by atoms with E-state index in [1.807, 2.05) is 0 Å². The van der Waals surface area contributed by atoms with Gasteiger partial charge in [-0.1, -0.05) is 311 Å². The Morgan fingerprint density at radius 2 is 0.517 bits per heavy atom. The standard InChI is InChI=1S/C70H136O17P2/c1-6-9-12-15-18-19-20-21-29-32-35-40-44-49-54-68(73)81-60-66(87-70(75)56-51-46-41-36-33-30-27-25-23-22-24-26-28-31-34-39-42-47-52-63(4)5)62-85-89(78,79)83-58-64(71)57-82-88(76,77)84-61-65(86-69(74)55-50-45-38-17-14-11-8-3)59-80-67(72)53-48-43-37-16-13-10-7-2/h63-66,71H,6-62H2,1-5H3,(H,76,77)(H,78,79)/t64-,65+,66+/m0/s1. The highest BCUT2D eigenvalue weighted by atomic mass is 31.2. The van der Waals surface area contributed by atoms with Crippen molar-refractivity contribution in [3.8, 4) is 0 Å². The quantitative estimate of drug-likeness (QED) is 0.0222. The number of phosphoric ester groups is 2. The van der Waals surface area contributed by atoms with E-state index >= 15 is 0 Å². The van der Waals surface area contributed by atoms with Crippen LogP contribution in [0.25, 0.3) is 0 Å². The topological polar surface area (TPSA) is 237 Å². The summed E-state index contributed by atoms with van der Waals surface area (Å²) in [5.74, 6) is -1.31. The lowest BCUT2D eigenvalue weighted by atomic mass is 10.0. The lowest BCUT2D eigenvalue weighted by Crippen LogP contribution is -2.30. The Kier molecular flexibility index (Phi) is 62.1. The summed E-state index contributed by atoms with van der Waals surface area (Å²) in [5, 5.41) is 10.5. The normalized spacial score (nSPS) is 14.1. The molecule has 0 aliphatic heterocycles. The van der Waals surface area contributed by atoms with Crippen molar-refractivity contribution in [3.05, 3.63) is 0 Å². The van der Waals surface area contributed by atoms with Gasteiger partial charge in [-0.15, -0.1) is 0 Å². The van der Waals surface area contributed by atoms with Gasteiger partial charge in [0.1, 0.15) is 19.3 Å². The van der Waals surface area contributed by atoms with E-state index in [4.69, 9.17) is 37.0 Å². The molecule has 0 fully saturated rings. The molecule has 0 aromatic carbocycles. The Balaban J connectivity index is 5.11. The van der Waals surface area contributed by atoms with Crippen LogP contribution < -0.4 is 0 Å². The second-order valence-corrected chi connectivity index (χ2v) is 28.7. The molecule has 0 amide bonds. The van der Waals surface area contributed by atoms with Crippen LogP contribution in [0.15, 0.2) is 0 Å². The Bertz CT molecular complexity index is 1720. The Morgan fingerprint density at radius 1 is 0.303 bits per heavy atom. The summed E-state index contributed by atoms with van der Waals surface area (Å²) in [4.78, 5) is 72.2. The minimum absolute atomic E-state index is 0.104. The van der Waals surface area contributed by atoms with Gasteiger partial charge < -0.3 is 33.8 Å². The van der Waals surface area contributed by atoms with E-state index in [2.05, 4.69) is 34.6 Å². The Morgan fingerprint density at radius 3 is 0.764 bits per heavy atom. The number of hydrogen-bond donors (Lipinski definition) is 3. The van der Waals surface area contributed by atoms with Crippen LogP contribution in [0.1, 0.15) is 362 Å². The lowest BCUT2D eigenvalue weighted by molar-refractivity contribution is -0.161. The predicted molar refractivity (Wildman–Crippen MR) is 358 cm³/mol. The van der Waals surface area contributed by atoms with Gasteiger partial charge in [-0.25, -0.2) is 9.13 Å². The van der Waals surface area contributed by atoms with Gasteiger partial charge in [0.15, 0.2) is 12.2 Å². The van der Waals surface area contributed by atoms with Crippen LogP contribution in [0.4, 0.5) is 0 Å². The van der Waals surface area contributed by atoms with Crippen LogP contribution in [0, 0.1) is 5.92 Å². The van der Waals surface area contributed by atoms with Crippen molar-refractivity contribution >= 4 is 39.5 Å². The van der Waals surface area contributed by atoms with Crippen molar-refractivity contribution in [1.82, 2.24) is 0 Å². The molecule has 17 nitrogen and oxygen atoms in total. The molecule has 3 N–H and O–H groups in total. The molecule has 0 bridgehead atoms. The molecule has 89 heavy (non-hydrogen) atoms. The van der Waals surface area contributed by atoms with Crippen molar-refractivity contribution in [1.29, 1.82) is 0 Å². The number of ether oxygens (including phenoxy) is 4. The summed E-state index contributed by atoms with van der Waals surface area (Å²) in [6.07, 6.45) is 50.3. The maximum Gasteiger partial charge on any atom is 0.472 e. The van der Waals surface area contributed by atoms with Crippen molar-refractivity contribution < 1.29 is 80.2 Å². The molecule has 0 aromatic heterocycles. The molecule has 0 saturated carbocycles. The summed E-state index contributed by atoms with van der Waals surface area (Å²) in [5.41, 5.74) is 0. The molecule has 0 radical (unpaired) electrons. The highest BCUT2D eigenvalue weighted by Gasteiger charge is 2.30. The molecule has 5 atom stereocenters. The molecule has 0 spiro atoms. The van der Waals surface area contributed by atoms with Gasteiger partial charge in [-0.2, -0.15) is 0 Å². The van der Waals surface area contributed by atoms with Crippen molar-refractivity contribution in [2.45, 2.75) is 380 Å². The first-order valence-corrected chi connectivity index (χ1v) is 39.6. The zero-order valence-corrected chi connectivity index (χ0v) is 59.4.